The van der Waals surface area contributed by atoms with Crippen LogP contribution in [0.4, 0.5) is 0 Å². The van der Waals surface area contributed by atoms with Gasteiger partial charge in [0.25, 0.3) is 0 Å². The fourth-order valence-electron chi connectivity index (χ4n) is 3.05. The van der Waals surface area contributed by atoms with Crippen LogP contribution in [-0.4, -0.2) is 16.8 Å². The summed E-state index contributed by atoms with van der Waals surface area (Å²) in [4.78, 5) is 4.73. The molecule has 2 aromatic carbocycles. The van der Waals surface area contributed by atoms with Crippen molar-refractivity contribution < 1.29 is 0 Å². The molecule has 114 valence electrons. The Labute approximate surface area is 145 Å². The second-order valence-corrected chi connectivity index (χ2v) is 6.38. The van der Waals surface area contributed by atoms with Crippen molar-refractivity contribution in [3.63, 3.8) is 0 Å². The summed E-state index contributed by atoms with van der Waals surface area (Å²) in [5.41, 5.74) is 5.46. The number of rotatable bonds is 2. The highest BCUT2D eigenvalue weighted by Gasteiger charge is 2.19. The molecule has 4 rings (SSSR count). The van der Waals surface area contributed by atoms with Gasteiger partial charge in [0.15, 0.2) is 0 Å². The van der Waals surface area contributed by atoms with Crippen molar-refractivity contribution in [1.82, 2.24) is 4.57 Å². The monoisotopic (exact) mass is 340 g/mol. The molecular formula is C19H14Cl2N2. The molecular weight excluding hydrogens is 327 g/mol. The van der Waals surface area contributed by atoms with Gasteiger partial charge in [0.2, 0.25) is 0 Å². The molecule has 0 atom stereocenters. The molecule has 0 aliphatic carbocycles. The molecule has 1 aliphatic rings. The molecule has 0 fully saturated rings. The molecule has 0 N–H and O–H groups in total. The zero-order chi connectivity index (χ0) is 15.8. The van der Waals surface area contributed by atoms with Crippen molar-refractivity contribution >= 4 is 28.9 Å². The third-order valence-electron chi connectivity index (χ3n) is 4.02. The smallest absolute Gasteiger partial charge is 0.0884 e. The number of aromatic nitrogens is 1. The fourth-order valence-corrected chi connectivity index (χ4v) is 3.57. The molecule has 2 heterocycles. The highest BCUT2D eigenvalue weighted by molar-refractivity contribution is 6.35. The second-order valence-electron chi connectivity index (χ2n) is 5.51. The van der Waals surface area contributed by atoms with Crippen molar-refractivity contribution in [2.24, 2.45) is 4.99 Å². The summed E-state index contributed by atoms with van der Waals surface area (Å²) in [5.74, 6) is 0. The predicted octanol–water partition coefficient (Wildman–Crippen LogP) is 5.31. The van der Waals surface area contributed by atoms with Gasteiger partial charge < -0.3 is 4.57 Å². The summed E-state index contributed by atoms with van der Waals surface area (Å²) >= 11 is 12.3. The van der Waals surface area contributed by atoms with E-state index in [1.165, 1.54) is 0 Å². The Morgan fingerprint density at radius 2 is 1.48 bits per heavy atom. The third kappa shape index (κ3) is 2.69. The number of hydrogen-bond donors (Lipinski definition) is 0. The number of fused-ring (bicyclic) bond motifs is 1. The second kappa shape index (κ2) is 5.88. The molecule has 0 unspecified atom stereocenters. The Morgan fingerprint density at radius 3 is 2.22 bits per heavy atom. The van der Waals surface area contributed by atoms with Crippen molar-refractivity contribution in [1.29, 1.82) is 0 Å². The van der Waals surface area contributed by atoms with E-state index in [2.05, 4.69) is 28.8 Å². The summed E-state index contributed by atoms with van der Waals surface area (Å²) in [6, 6.07) is 20.2. The maximum Gasteiger partial charge on any atom is 0.0884 e. The zero-order valence-corrected chi connectivity index (χ0v) is 13.8. The van der Waals surface area contributed by atoms with Crippen LogP contribution >= 0.6 is 23.2 Å². The average Bonchev–Trinajstić information content (AvgIpc) is 2.99. The van der Waals surface area contributed by atoms with Crippen LogP contribution in [0, 0.1) is 0 Å². The molecule has 3 aromatic rings. The van der Waals surface area contributed by atoms with Gasteiger partial charge in [0, 0.05) is 33.4 Å². The van der Waals surface area contributed by atoms with Crippen molar-refractivity contribution in [2.45, 2.75) is 6.54 Å². The predicted molar refractivity (Wildman–Crippen MR) is 96.8 cm³/mol. The Balaban J connectivity index is 1.83. The summed E-state index contributed by atoms with van der Waals surface area (Å²) < 4.78 is 2.29. The summed E-state index contributed by atoms with van der Waals surface area (Å²) in [5, 5.41) is 1.30. The maximum atomic E-state index is 6.16. The number of halogens is 2. The van der Waals surface area contributed by atoms with Crippen LogP contribution in [-0.2, 0) is 6.54 Å². The molecule has 0 amide bonds. The number of nitrogens with zero attached hydrogens (tertiary/aromatic N) is 2. The quantitative estimate of drug-likeness (QED) is 0.601. The van der Waals surface area contributed by atoms with Crippen LogP contribution in [0.3, 0.4) is 0 Å². The van der Waals surface area contributed by atoms with Gasteiger partial charge in [0.05, 0.1) is 18.0 Å². The summed E-state index contributed by atoms with van der Waals surface area (Å²) in [7, 11) is 0. The van der Waals surface area contributed by atoms with Crippen LogP contribution < -0.4 is 0 Å². The number of benzene rings is 2. The molecule has 0 saturated heterocycles. The lowest BCUT2D eigenvalue weighted by molar-refractivity contribution is 0.697. The number of hydrogen-bond acceptors (Lipinski definition) is 1. The van der Waals surface area contributed by atoms with Gasteiger partial charge >= 0.3 is 0 Å². The minimum absolute atomic E-state index is 0.649. The Kier molecular flexibility index (Phi) is 3.72. The van der Waals surface area contributed by atoms with Crippen LogP contribution in [0.25, 0.3) is 11.3 Å². The van der Waals surface area contributed by atoms with Gasteiger partial charge in [-0.3, -0.25) is 4.99 Å². The molecule has 1 aliphatic heterocycles. The highest BCUT2D eigenvalue weighted by Crippen LogP contribution is 2.30. The molecule has 0 radical (unpaired) electrons. The average molecular weight is 341 g/mol. The minimum Gasteiger partial charge on any atom is -0.337 e. The van der Waals surface area contributed by atoms with E-state index in [1.807, 2.05) is 30.3 Å². The van der Waals surface area contributed by atoms with Crippen LogP contribution in [0.2, 0.25) is 10.0 Å². The normalized spacial score (nSPS) is 13.6. The summed E-state index contributed by atoms with van der Waals surface area (Å²) in [6.07, 6.45) is 0. The first-order valence-electron chi connectivity index (χ1n) is 7.48. The Morgan fingerprint density at radius 1 is 0.783 bits per heavy atom. The SMILES string of the molecule is Clc1cc(Cl)cc(-c2ccc3n2CCN=C3c2ccccc2)c1. The van der Waals surface area contributed by atoms with Gasteiger partial charge in [0.1, 0.15) is 0 Å². The first kappa shape index (κ1) is 14.6. The van der Waals surface area contributed by atoms with Gasteiger partial charge in [-0.05, 0) is 30.3 Å². The molecule has 2 nitrogen and oxygen atoms in total. The lowest BCUT2D eigenvalue weighted by Gasteiger charge is -2.19. The Bertz CT molecular complexity index is 875. The van der Waals surface area contributed by atoms with Crippen LogP contribution in [0.1, 0.15) is 11.3 Å². The fraction of sp³-hybridized carbons (Fsp3) is 0.105. The van der Waals surface area contributed by atoms with Crippen LogP contribution in [0.15, 0.2) is 65.7 Å². The number of aliphatic imine (C=N–C) groups is 1. The molecule has 4 heteroatoms. The van der Waals surface area contributed by atoms with E-state index in [9.17, 15) is 0 Å². The van der Waals surface area contributed by atoms with E-state index in [4.69, 9.17) is 28.2 Å². The summed E-state index contributed by atoms with van der Waals surface area (Å²) in [6.45, 7) is 1.63. The van der Waals surface area contributed by atoms with Gasteiger partial charge in [-0.2, -0.15) is 0 Å². The minimum atomic E-state index is 0.649. The highest BCUT2D eigenvalue weighted by atomic mass is 35.5. The van der Waals surface area contributed by atoms with Crippen molar-refractivity contribution in [2.75, 3.05) is 6.54 Å². The zero-order valence-electron chi connectivity index (χ0n) is 12.3. The molecule has 23 heavy (non-hydrogen) atoms. The van der Waals surface area contributed by atoms with E-state index >= 15 is 0 Å². The van der Waals surface area contributed by atoms with Gasteiger partial charge in [-0.1, -0.05) is 53.5 Å². The van der Waals surface area contributed by atoms with Crippen molar-refractivity contribution in [3.05, 3.63) is 82.0 Å². The molecule has 0 saturated carbocycles. The standard InChI is InChI=1S/C19H14Cl2N2/c20-15-10-14(11-16(21)12-15)17-6-7-18-19(22-8-9-23(17)18)13-4-2-1-3-5-13/h1-7,10-12H,8-9H2. The first-order chi connectivity index (χ1) is 11.2. The Hall–Kier alpha value is -2.03. The first-order valence-corrected chi connectivity index (χ1v) is 8.24. The van der Waals surface area contributed by atoms with Crippen molar-refractivity contribution in [3.8, 4) is 11.3 Å². The van der Waals surface area contributed by atoms with E-state index in [0.717, 1.165) is 41.3 Å². The van der Waals surface area contributed by atoms with E-state index in [-0.39, 0.29) is 0 Å². The third-order valence-corrected chi connectivity index (χ3v) is 4.46. The largest absolute Gasteiger partial charge is 0.337 e. The van der Waals surface area contributed by atoms with E-state index in [0.29, 0.717) is 10.0 Å². The van der Waals surface area contributed by atoms with Gasteiger partial charge in [-0.15, -0.1) is 0 Å². The lowest BCUT2D eigenvalue weighted by atomic mass is 10.1. The molecule has 0 spiro atoms. The molecule has 1 aromatic heterocycles. The van der Waals surface area contributed by atoms with E-state index in [1.54, 1.807) is 6.07 Å². The van der Waals surface area contributed by atoms with E-state index < -0.39 is 0 Å². The maximum absolute atomic E-state index is 6.16. The lowest BCUT2D eigenvalue weighted by Crippen LogP contribution is -2.19. The van der Waals surface area contributed by atoms with Crippen LogP contribution in [0.5, 0.6) is 0 Å². The van der Waals surface area contributed by atoms with Gasteiger partial charge in [-0.25, -0.2) is 0 Å². The topological polar surface area (TPSA) is 17.3 Å². The molecule has 0 bridgehead atoms.